The summed E-state index contributed by atoms with van der Waals surface area (Å²) in [4.78, 5) is 3.56. The molecule has 0 bridgehead atoms. The van der Waals surface area contributed by atoms with Crippen molar-refractivity contribution in [1.29, 1.82) is 0 Å². The van der Waals surface area contributed by atoms with Gasteiger partial charge in [0.25, 0.3) is 0 Å². The predicted octanol–water partition coefficient (Wildman–Crippen LogP) is 1.57. The lowest BCUT2D eigenvalue weighted by atomic mass is 10.2. The normalized spacial score (nSPS) is 11.5. The maximum atomic E-state index is 12.2. The second-order valence-electron chi connectivity index (χ2n) is 2.57. The van der Waals surface area contributed by atoms with Crippen LogP contribution in [0.1, 0.15) is 11.3 Å². The van der Waals surface area contributed by atoms with Gasteiger partial charge in [-0.25, -0.2) is 0 Å². The standard InChI is InChI=1S/C8H9F3N2O/c1-14-7-2-5(8(9,10)11)4-13-6(7)3-12/h2,4H,3,12H2,1H3. The highest BCUT2D eigenvalue weighted by Gasteiger charge is 2.31. The molecule has 0 aliphatic carbocycles. The van der Waals surface area contributed by atoms with E-state index in [9.17, 15) is 13.2 Å². The Morgan fingerprint density at radius 3 is 2.57 bits per heavy atom. The number of hydrogen-bond acceptors (Lipinski definition) is 3. The first-order chi connectivity index (χ1) is 6.49. The van der Waals surface area contributed by atoms with Crippen LogP contribution in [-0.4, -0.2) is 12.1 Å². The Labute approximate surface area is 78.7 Å². The minimum absolute atomic E-state index is 0.0430. The van der Waals surface area contributed by atoms with Gasteiger partial charge in [0.2, 0.25) is 0 Å². The van der Waals surface area contributed by atoms with E-state index in [1.54, 1.807) is 0 Å². The van der Waals surface area contributed by atoms with E-state index in [2.05, 4.69) is 4.98 Å². The molecule has 0 radical (unpaired) electrons. The van der Waals surface area contributed by atoms with Crippen LogP contribution in [0.4, 0.5) is 13.2 Å². The first-order valence-corrected chi connectivity index (χ1v) is 3.79. The highest BCUT2D eigenvalue weighted by molar-refractivity contribution is 5.32. The Balaban J connectivity index is 3.14. The summed E-state index contributed by atoms with van der Waals surface area (Å²) in [6, 6.07) is 0.884. The van der Waals surface area contributed by atoms with Gasteiger partial charge in [0.1, 0.15) is 5.75 Å². The molecule has 6 heteroatoms. The summed E-state index contributed by atoms with van der Waals surface area (Å²) in [7, 11) is 1.27. The van der Waals surface area contributed by atoms with E-state index in [0.29, 0.717) is 5.69 Å². The van der Waals surface area contributed by atoms with Crippen molar-refractivity contribution in [3.8, 4) is 5.75 Å². The molecule has 0 aliphatic heterocycles. The molecule has 0 fully saturated rings. The van der Waals surface area contributed by atoms with Crippen molar-refractivity contribution in [2.24, 2.45) is 5.73 Å². The molecule has 0 spiro atoms. The van der Waals surface area contributed by atoms with Crippen molar-refractivity contribution in [1.82, 2.24) is 4.98 Å². The smallest absolute Gasteiger partial charge is 0.418 e. The average Bonchev–Trinajstić information content (AvgIpc) is 2.15. The lowest BCUT2D eigenvalue weighted by Gasteiger charge is -2.10. The van der Waals surface area contributed by atoms with E-state index in [-0.39, 0.29) is 12.3 Å². The number of alkyl halides is 3. The molecule has 1 heterocycles. The number of halogens is 3. The minimum Gasteiger partial charge on any atom is -0.495 e. The van der Waals surface area contributed by atoms with Crippen LogP contribution in [-0.2, 0) is 12.7 Å². The van der Waals surface area contributed by atoms with Gasteiger partial charge in [-0.2, -0.15) is 13.2 Å². The second kappa shape index (κ2) is 3.83. The van der Waals surface area contributed by atoms with E-state index in [1.807, 2.05) is 0 Å². The summed E-state index contributed by atoms with van der Waals surface area (Å²) in [5, 5.41) is 0. The van der Waals surface area contributed by atoms with Gasteiger partial charge in [-0.05, 0) is 6.07 Å². The van der Waals surface area contributed by atoms with Gasteiger partial charge < -0.3 is 10.5 Å². The third-order valence-corrected chi connectivity index (χ3v) is 1.67. The van der Waals surface area contributed by atoms with E-state index in [1.165, 1.54) is 7.11 Å². The lowest BCUT2D eigenvalue weighted by Crippen LogP contribution is -2.09. The zero-order chi connectivity index (χ0) is 10.8. The van der Waals surface area contributed by atoms with E-state index in [4.69, 9.17) is 10.5 Å². The molecule has 1 aromatic rings. The largest absolute Gasteiger partial charge is 0.495 e. The van der Waals surface area contributed by atoms with Gasteiger partial charge in [-0.15, -0.1) is 0 Å². The molecular weight excluding hydrogens is 197 g/mol. The number of hydrogen-bond donors (Lipinski definition) is 1. The second-order valence-corrected chi connectivity index (χ2v) is 2.57. The molecule has 1 rings (SSSR count). The fourth-order valence-corrected chi connectivity index (χ4v) is 0.958. The third kappa shape index (κ3) is 2.14. The molecule has 0 amide bonds. The lowest BCUT2D eigenvalue weighted by molar-refractivity contribution is -0.137. The first-order valence-electron chi connectivity index (χ1n) is 3.79. The van der Waals surface area contributed by atoms with Crippen molar-refractivity contribution in [2.75, 3.05) is 7.11 Å². The van der Waals surface area contributed by atoms with Crippen LogP contribution in [0, 0.1) is 0 Å². The first kappa shape index (κ1) is 10.8. The Kier molecular flexibility index (Phi) is 2.95. The van der Waals surface area contributed by atoms with Crippen molar-refractivity contribution in [3.05, 3.63) is 23.5 Å². The number of aromatic nitrogens is 1. The van der Waals surface area contributed by atoms with Gasteiger partial charge in [0.15, 0.2) is 0 Å². The molecule has 0 aliphatic rings. The number of nitrogens with zero attached hydrogens (tertiary/aromatic N) is 1. The maximum Gasteiger partial charge on any atom is 0.418 e. The number of methoxy groups -OCH3 is 1. The van der Waals surface area contributed by atoms with Gasteiger partial charge in [0.05, 0.1) is 18.4 Å². The molecule has 0 saturated heterocycles. The maximum absolute atomic E-state index is 12.2. The number of rotatable bonds is 2. The summed E-state index contributed by atoms with van der Waals surface area (Å²) in [6.07, 6.45) is -3.67. The van der Waals surface area contributed by atoms with Crippen LogP contribution in [0.15, 0.2) is 12.3 Å². The van der Waals surface area contributed by atoms with Gasteiger partial charge in [-0.1, -0.05) is 0 Å². The molecule has 78 valence electrons. The van der Waals surface area contributed by atoms with Gasteiger partial charge in [0, 0.05) is 12.7 Å². The van der Waals surface area contributed by atoms with Crippen molar-refractivity contribution in [2.45, 2.75) is 12.7 Å². The quantitative estimate of drug-likeness (QED) is 0.798. The average molecular weight is 206 g/mol. The molecule has 3 nitrogen and oxygen atoms in total. The van der Waals surface area contributed by atoms with Gasteiger partial charge in [-0.3, -0.25) is 4.98 Å². The van der Waals surface area contributed by atoms with E-state index < -0.39 is 11.7 Å². The molecule has 2 N–H and O–H groups in total. The number of nitrogens with two attached hydrogens (primary N) is 1. The molecule has 0 unspecified atom stereocenters. The zero-order valence-electron chi connectivity index (χ0n) is 7.43. The zero-order valence-corrected chi connectivity index (χ0v) is 7.43. The topological polar surface area (TPSA) is 48.1 Å². The summed E-state index contributed by atoms with van der Waals surface area (Å²) in [6.45, 7) is 0.0430. The van der Waals surface area contributed by atoms with Crippen LogP contribution in [0.25, 0.3) is 0 Å². The van der Waals surface area contributed by atoms with Crippen molar-refractivity contribution < 1.29 is 17.9 Å². The molecule has 0 aromatic carbocycles. The summed E-state index contributed by atoms with van der Waals surface area (Å²) < 4.78 is 41.4. The SMILES string of the molecule is COc1cc(C(F)(F)F)cnc1CN. The Morgan fingerprint density at radius 1 is 1.50 bits per heavy atom. The molecular formula is C8H9F3N2O. The highest BCUT2D eigenvalue weighted by atomic mass is 19.4. The molecule has 14 heavy (non-hydrogen) atoms. The highest BCUT2D eigenvalue weighted by Crippen LogP contribution is 2.31. The minimum atomic E-state index is -4.41. The van der Waals surface area contributed by atoms with Crippen LogP contribution >= 0.6 is 0 Å². The number of ether oxygens (including phenoxy) is 1. The summed E-state index contributed by atoms with van der Waals surface area (Å²) >= 11 is 0. The molecule has 0 atom stereocenters. The Bertz CT molecular complexity index is 325. The molecule has 0 saturated carbocycles. The van der Waals surface area contributed by atoms with Crippen LogP contribution in [0.2, 0.25) is 0 Å². The summed E-state index contributed by atoms with van der Waals surface area (Å²) in [5.74, 6) is 0.0577. The Morgan fingerprint density at radius 2 is 2.14 bits per heavy atom. The fourth-order valence-electron chi connectivity index (χ4n) is 0.958. The predicted molar refractivity (Wildman–Crippen MR) is 43.7 cm³/mol. The monoisotopic (exact) mass is 206 g/mol. The Hall–Kier alpha value is -1.30. The van der Waals surface area contributed by atoms with Gasteiger partial charge >= 0.3 is 6.18 Å². The van der Waals surface area contributed by atoms with E-state index >= 15 is 0 Å². The van der Waals surface area contributed by atoms with Crippen LogP contribution in [0.3, 0.4) is 0 Å². The van der Waals surface area contributed by atoms with Crippen molar-refractivity contribution in [3.63, 3.8) is 0 Å². The summed E-state index contributed by atoms with van der Waals surface area (Å²) in [5.41, 5.74) is 4.73. The van der Waals surface area contributed by atoms with Crippen LogP contribution in [0.5, 0.6) is 5.75 Å². The van der Waals surface area contributed by atoms with Crippen LogP contribution < -0.4 is 10.5 Å². The third-order valence-electron chi connectivity index (χ3n) is 1.67. The number of pyridine rings is 1. The fraction of sp³-hybridized carbons (Fsp3) is 0.375. The molecule has 1 aromatic heterocycles. The van der Waals surface area contributed by atoms with Crippen molar-refractivity contribution >= 4 is 0 Å². The van der Waals surface area contributed by atoms with E-state index in [0.717, 1.165) is 12.3 Å².